The Hall–Kier alpha value is -6.51. The maximum Gasteiger partial charge on any atom is 0.114 e. The predicted molar refractivity (Wildman–Crippen MR) is 217 cm³/mol. The van der Waals surface area contributed by atoms with Gasteiger partial charge >= 0.3 is 0 Å². The highest BCUT2D eigenvalue weighted by Gasteiger charge is 2.19. The molecule has 9 aromatic carbocycles. The SMILES string of the molecule is [2H]C([2H])([2H])C([2H])([2H])c1nc2ccccc2n1-c1ccc(-c2ccc(-c3c4ccccc4c(-c4cc5ccccc5c5ccccc45)c4ccccc34)cc2)cc1. The smallest absolute Gasteiger partial charge is 0.114 e. The highest BCUT2D eigenvalue weighted by atomic mass is 15.1. The van der Waals surface area contributed by atoms with Crippen LogP contribution in [0.4, 0.5) is 0 Å². The molecule has 0 saturated carbocycles. The summed E-state index contributed by atoms with van der Waals surface area (Å²) in [6, 6.07) is 60.9. The molecule has 10 rings (SSSR count). The zero-order chi connectivity index (χ0) is 38.2. The van der Waals surface area contributed by atoms with Gasteiger partial charge in [0.25, 0.3) is 0 Å². The second-order valence-corrected chi connectivity index (χ2v) is 13.0. The summed E-state index contributed by atoms with van der Waals surface area (Å²) in [7, 11) is 0. The number of hydrogen-bond donors (Lipinski definition) is 0. The molecule has 0 amide bonds. The predicted octanol–water partition coefficient (Wildman–Crippen LogP) is 13.2. The minimum absolute atomic E-state index is 0.143. The van der Waals surface area contributed by atoms with Gasteiger partial charge in [0.15, 0.2) is 0 Å². The molecule has 0 aliphatic heterocycles. The Labute approximate surface area is 303 Å². The van der Waals surface area contributed by atoms with Gasteiger partial charge in [0, 0.05) is 18.9 Å². The van der Waals surface area contributed by atoms with Gasteiger partial charge in [-0.3, -0.25) is 4.57 Å². The van der Waals surface area contributed by atoms with Gasteiger partial charge in [-0.2, -0.15) is 0 Å². The number of aryl methyl sites for hydroxylation is 1. The minimum atomic E-state index is -2.89. The van der Waals surface area contributed by atoms with E-state index in [1.165, 1.54) is 59.8 Å². The lowest BCUT2D eigenvalue weighted by atomic mass is 9.83. The lowest BCUT2D eigenvalue weighted by molar-refractivity contribution is 0.908. The molecule has 240 valence electrons. The Bertz CT molecular complexity index is 3090. The summed E-state index contributed by atoms with van der Waals surface area (Å²) in [6.07, 6.45) is -2.66. The van der Waals surface area contributed by atoms with Crippen molar-refractivity contribution in [3.05, 3.63) is 182 Å². The monoisotopic (exact) mass is 655 g/mol. The van der Waals surface area contributed by atoms with Gasteiger partial charge < -0.3 is 0 Å². The van der Waals surface area contributed by atoms with Crippen LogP contribution in [0.25, 0.3) is 93.2 Å². The fraction of sp³-hybridized carbons (Fsp3) is 0.0408. The van der Waals surface area contributed by atoms with Crippen molar-refractivity contribution in [3.63, 3.8) is 0 Å². The molecular weight excluding hydrogens is 617 g/mol. The summed E-state index contributed by atoms with van der Waals surface area (Å²) in [5.74, 6) is -0.143. The van der Waals surface area contributed by atoms with Gasteiger partial charge in [-0.05, 0) is 107 Å². The van der Waals surface area contributed by atoms with E-state index in [-0.39, 0.29) is 5.82 Å². The van der Waals surface area contributed by atoms with Crippen LogP contribution in [-0.2, 0) is 6.37 Å². The molecule has 1 heterocycles. The summed E-state index contributed by atoms with van der Waals surface area (Å²) in [5.41, 5.74) is 8.60. The van der Waals surface area contributed by atoms with Crippen LogP contribution in [0, 0.1) is 0 Å². The summed E-state index contributed by atoms with van der Waals surface area (Å²) < 4.78 is 42.5. The zero-order valence-corrected chi connectivity index (χ0v) is 27.6. The number of para-hydroxylation sites is 2. The number of imidazole rings is 1. The van der Waals surface area contributed by atoms with Crippen molar-refractivity contribution in [2.24, 2.45) is 0 Å². The van der Waals surface area contributed by atoms with Gasteiger partial charge in [-0.15, -0.1) is 0 Å². The normalized spacial score (nSPS) is 13.7. The summed E-state index contributed by atoms with van der Waals surface area (Å²) in [4.78, 5) is 4.47. The molecule has 1 aromatic heterocycles. The van der Waals surface area contributed by atoms with Gasteiger partial charge in [-0.25, -0.2) is 4.98 Å². The number of fused-ring (bicyclic) bond motifs is 6. The number of aromatic nitrogens is 2. The second-order valence-electron chi connectivity index (χ2n) is 13.0. The average molecular weight is 656 g/mol. The summed E-state index contributed by atoms with van der Waals surface area (Å²) in [5, 5.41) is 9.74. The van der Waals surface area contributed by atoms with E-state index in [4.69, 9.17) is 6.85 Å². The fourth-order valence-corrected chi connectivity index (χ4v) is 7.99. The Kier molecular flexibility index (Phi) is 5.70. The molecule has 0 fully saturated rings. The van der Waals surface area contributed by atoms with E-state index in [9.17, 15) is 0 Å². The van der Waals surface area contributed by atoms with Gasteiger partial charge in [-0.1, -0.05) is 152 Å². The second kappa shape index (κ2) is 11.8. The Morgan fingerprint density at radius 3 is 1.67 bits per heavy atom. The molecule has 2 nitrogen and oxygen atoms in total. The maximum absolute atomic E-state index is 8.55. The molecule has 0 aliphatic carbocycles. The van der Waals surface area contributed by atoms with Crippen molar-refractivity contribution in [2.75, 3.05) is 0 Å². The molecule has 0 bridgehead atoms. The summed E-state index contributed by atoms with van der Waals surface area (Å²) in [6.45, 7) is -2.89. The van der Waals surface area contributed by atoms with Crippen LogP contribution in [0.15, 0.2) is 176 Å². The van der Waals surface area contributed by atoms with E-state index < -0.39 is 13.2 Å². The first-order valence-electron chi connectivity index (χ1n) is 19.7. The molecule has 0 N–H and O–H groups in total. The number of nitrogens with zero attached hydrogens (tertiary/aromatic N) is 2. The average Bonchev–Trinajstić information content (AvgIpc) is 3.63. The number of rotatable bonds is 5. The third-order valence-electron chi connectivity index (χ3n) is 10.3. The van der Waals surface area contributed by atoms with Crippen LogP contribution in [0.3, 0.4) is 0 Å². The fourth-order valence-electron chi connectivity index (χ4n) is 7.99. The van der Waals surface area contributed by atoms with Crippen LogP contribution in [0.1, 0.15) is 19.5 Å². The largest absolute Gasteiger partial charge is 0.296 e. The number of hydrogen-bond acceptors (Lipinski definition) is 1. The molecule has 0 aliphatic rings. The van der Waals surface area contributed by atoms with E-state index in [2.05, 4.69) is 132 Å². The molecule has 0 atom stereocenters. The van der Waals surface area contributed by atoms with E-state index in [1.54, 1.807) is 10.6 Å². The third-order valence-corrected chi connectivity index (χ3v) is 10.3. The summed E-state index contributed by atoms with van der Waals surface area (Å²) >= 11 is 0. The van der Waals surface area contributed by atoms with Gasteiger partial charge in [0.1, 0.15) is 5.82 Å². The minimum Gasteiger partial charge on any atom is -0.296 e. The van der Waals surface area contributed by atoms with Crippen LogP contribution in [-0.4, -0.2) is 9.55 Å². The molecule has 10 aromatic rings. The Morgan fingerprint density at radius 1 is 0.490 bits per heavy atom. The standard InChI is InChI=1S/C49H34N2/c1-2-47-50-45-21-11-12-22-46(45)51(47)36-29-27-33(28-30-36)32-23-25-34(26-24-32)48-40-17-7-9-19-42(40)49(43-20-10-8-18-41(43)48)44-31-35-13-3-4-14-37(35)38-15-5-6-16-39(38)44/h3-31H,2H2,1H3/i1D3,2D2. The topological polar surface area (TPSA) is 17.8 Å². The first kappa shape index (κ1) is 24.6. The molecule has 2 heteroatoms. The molecule has 0 saturated heterocycles. The molecule has 0 radical (unpaired) electrons. The van der Waals surface area contributed by atoms with Crippen molar-refractivity contribution < 1.29 is 6.85 Å². The Balaban J connectivity index is 1.09. The van der Waals surface area contributed by atoms with E-state index in [1.807, 2.05) is 42.5 Å². The van der Waals surface area contributed by atoms with Crippen LogP contribution >= 0.6 is 0 Å². The van der Waals surface area contributed by atoms with Crippen molar-refractivity contribution in [3.8, 4) is 39.1 Å². The van der Waals surface area contributed by atoms with Crippen molar-refractivity contribution in [1.29, 1.82) is 0 Å². The molecule has 0 unspecified atom stereocenters. The third kappa shape index (κ3) is 4.68. The van der Waals surface area contributed by atoms with Crippen molar-refractivity contribution >= 4 is 54.1 Å². The number of benzene rings is 9. The highest BCUT2D eigenvalue weighted by molar-refractivity contribution is 6.25. The molecule has 51 heavy (non-hydrogen) atoms. The van der Waals surface area contributed by atoms with Gasteiger partial charge in [0.2, 0.25) is 0 Å². The zero-order valence-electron chi connectivity index (χ0n) is 32.6. The van der Waals surface area contributed by atoms with Crippen molar-refractivity contribution in [2.45, 2.75) is 13.2 Å². The van der Waals surface area contributed by atoms with E-state index in [0.717, 1.165) is 16.7 Å². The Morgan fingerprint density at radius 2 is 1.00 bits per heavy atom. The highest BCUT2D eigenvalue weighted by Crippen LogP contribution is 2.46. The van der Waals surface area contributed by atoms with Crippen LogP contribution < -0.4 is 0 Å². The molecular formula is C49H34N2. The van der Waals surface area contributed by atoms with Crippen molar-refractivity contribution in [1.82, 2.24) is 9.55 Å². The van der Waals surface area contributed by atoms with Crippen LogP contribution in [0.2, 0.25) is 0 Å². The van der Waals surface area contributed by atoms with E-state index >= 15 is 0 Å². The van der Waals surface area contributed by atoms with Crippen LogP contribution in [0.5, 0.6) is 0 Å². The lowest BCUT2D eigenvalue weighted by Crippen LogP contribution is -1.99. The molecule has 0 spiro atoms. The maximum atomic E-state index is 8.55. The van der Waals surface area contributed by atoms with E-state index in [0.29, 0.717) is 16.7 Å². The lowest BCUT2D eigenvalue weighted by Gasteiger charge is -2.19. The quantitative estimate of drug-likeness (QED) is 0.133. The first-order valence-corrected chi connectivity index (χ1v) is 17.2. The van der Waals surface area contributed by atoms with Gasteiger partial charge in [0.05, 0.1) is 11.0 Å². The first-order chi connectivity index (χ1) is 27.2.